The van der Waals surface area contributed by atoms with Crippen LogP contribution in [0.1, 0.15) is 0 Å². The van der Waals surface area contributed by atoms with Gasteiger partial charge in [-0.2, -0.15) is 26.0 Å². The van der Waals surface area contributed by atoms with Crippen LogP contribution in [0.4, 0.5) is 30.7 Å². The maximum absolute atomic E-state index is 13.2. The number of halogens is 7. The van der Waals surface area contributed by atoms with Crippen LogP contribution < -0.4 is 4.74 Å². The van der Waals surface area contributed by atoms with E-state index < -0.39 is 69.4 Å². The molecule has 0 aliphatic heterocycles. The zero-order valence-corrected chi connectivity index (χ0v) is 12.2. The van der Waals surface area contributed by atoms with E-state index in [1.807, 2.05) is 0 Å². The molecule has 0 spiro atoms. The second kappa shape index (κ2) is 7.40. The lowest BCUT2D eigenvalue weighted by Crippen LogP contribution is -2.40. The van der Waals surface area contributed by atoms with Gasteiger partial charge in [-0.15, -0.1) is 4.33 Å². The summed E-state index contributed by atoms with van der Waals surface area (Å²) in [7, 11) is -6.07. The quantitative estimate of drug-likeness (QED) is 0.141. The number of alkyl halides is 2. The minimum Gasteiger partial charge on any atom is -0.484 e. The van der Waals surface area contributed by atoms with Crippen LogP contribution in [0.15, 0.2) is 0 Å². The maximum Gasteiger partial charge on any atom is 0.468 e. The molecule has 0 aliphatic carbocycles. The molecule has 15 heteroatoms. The highest BCUT2D eigenvalue weighted by Gasteiger charge is 2.56. The summed E-state index contributed by atoms with van der Waals surface area (Å²) in [6.07, 6.45) is 0. The molecule has 1 N–H and O–H groups in total. The van der Waals surface area contributed by atoms with Crippen LogP contribution in [-0.2, 0) is 24.0 Å². The summed E-state index contributed by atoms with van der Waals surface area (Å²) >= 11 is 0. The fourth-order valence-corrected chi connectivity index (χ4v) is 1.58. The van der Waals surface area contributed by atoms with Crippen molar-refractivity contribution in [2.75, 3.05) is 13.2 Å². The Labute approximate surface area is 133 Å². The van der Waals surface area contributed by atoms with Gasteiger partial charge in [0.1, 0.15) is 13.2 Å². The SMILES string of the molecule is O=C(OCCOc1c(F)c(F)c(F)c(F)c1F)C(F)(F)S(=O)(=O)OO. The van der Waals surface area contributed by atoms with Gasteiger partial charge in [-0.3, -0.25) is 0 Å². The summed E-state index contributed by atoms with van der Waals surface area (Å²) in [5.41, 5.74) is 0. The largest absolute Gasteiger partial charge is 0.484 e. The molecule has 0 aromatic heterocycles. The van der Waals surface area contributed by atoms with Crippen molar-refractivity contribution in [1.82, 2.24) is 0 Å². The van der Waals surface area contributed by atoms with Crippen LogP contribution in [0.25, 0.3) is 0 Å². The normalized spacial score (nSPS) is 12.2. The molecule has 0 saturated heterocycles. The van der Waals surface area contributed by atoms with Crippen LogP contribution in [0, 0.1) is 29.1 Å². The third-order valence-electron chi connectivity index (χ3n) is 2.38. The molecule has 0 saturated carbocycles. The van der Waals surface area contributed by atoms with E-state index in [9.17, 15) is 43.9 Å². The van der Waals surface area contributed by atoms with Crippen LogP contribution in [0.5, 0.6) is 5.75 Å². The summed E-state index contributed by atoms with van der Waals surface area (Å²) in [6, 6.07) is 0. The van der Waals surface area contributed by atoms with Gasteiger partial charge in [-0.25, -0.2) is 23.2 Å². The van der Waals surface area contributed by atoms with Crippen molar-refractivity contribution in [3.63, 3.8) is 0 Å². The van der Waals surface area contributed by atoms with E-state index in [1.165, 1.54) is 0 Å². The van der Waals surface area contributed by atoms with Gasteiger partial charge in [0.25, 0.3) is 0 Å². The van der Waals surface area contributed by atoms with Gasteiger partial charge in [0.15, 0.2) is 5.75 Å². The van der Waals surface area contributed by atoms with Gasteiger partial charge in [0.2, 0.25) is 29.1 Å². The van der Waals surface area contributed by atoms with Crippen LogP contribution >= 0.6 is 0 Å². The summed E-state index contributed by atoms with van der Waals surface area (Å²) in [5, 5.41) is 2.41. The second-order valence-corrected chi connectivity index (χ2v) is 5.50. The Bertz CT molecular complexity index is 751. The molecule has 0 bridgehead atoms. The van der Waals surface area contributed by atoms with Crippen LogP contribution in [0.2, 0.25) is 0 Å². The number of carbonyl (C=O) groups excluding carboxylic acids is 1. The number of carbonyl (C=O) groups is 1. The maximum atomic E-state index is 13.2. The van der Waals surface area contributed by atoms with E-state index >= 15 is 0 Å². The van der Waals surface area contributed by atoms with Gasteiger partial charge < -0.3 is 9.47 Å². The summed E-state index contributed by atoms with van der Waals surface area (Å²) in [5.74, 6) is -16.4. The van der Waals surface area contributed by atoms with E-state index in [4.69, 9.17) is 5.26 Å². The molecule has 0 unspecified atom stereocenters. The predicted octanol–water partition coefficient (Wildman–Crippen LogP) is 1.72. The standard InChI is InChI=1S/C10H5F7O7S/c11-3-4(12)6(14)8(7(15)5(3)13)22-1-2-23-9(18)10(16,17)25(20,21)24-19/h19H,1-2H2. The lowest BCUT2D eigenvalue weighted by molar-refractivity contribution is -0.171. The first-order valence-corrected chi connectivity index (χ1v) is 7.06. The number of esters is 1. The predicted molar refractivity (Wildman–Crippen MR) is 60.3 cm³/mol. The molecule has 142 valence electrons. The topological polar surface area (TPSA) is 99.1 Å². The Morgan fingerprint density at radius 1 is 0.920 bits per heavy atom. The molecule has 0 heterocycles. The van der Waals surface area contributed by atoms with Gasteiger partial charge in [-0.05, 0) is 0 Å². The molecule has 0 fully saturated rings. The monoisotopic (exact) mass is 402 g/mol. The molecule has 0 amide bonds. The molecular formula is C10H5F7O7S. The summed E-state index contributed by atoms with van der Waals surface area (Å²) in [4.78, 5) is 10.9. The molecule has 0 atom stereocenters. The number of hydrogen-bond acceptors (Lipinski definition) is 7. The smallest absolute Gasteiger partial charge is 0.468 e. The van der Waals surface area contributed by atoms with Crippen molar-refractivity contribution in [3.8, 4) is 5.75 Å². The minimum atomic E-state index is -6.07. The lowest BCUT2D eigenvalue weighted by atomic mass is 10.2. The Morgan fingerprint density at radius 3 is 1.80 bits per heavy atom. The third-order valence-corrected chi connectivity index (χ3v) is 3.37. The molecule has 25 heavy (non-hydrogen) atoms. The van der Waals surface area contributed by atoms with Crippen molar-refractivity contribution in [2.24, 2.45) is 0 Å². The number of ether oxygens (including phenoxy) is 2. The number of hydrogen-bond donors (Lipinski definition) is 1. The van der Waals surface area contributed by atoms with Crippen molar-refractivity contribution in [2.45, 2.75) is 5.25 Å². The molecular weight excluding hydrogens is 397 g/mol. The van der Waals surface area contributed by atoms with E-state index in [0.717, 1.165) is 0 Å². The van der Waals surface area contributed by atoms with Crippen LogP contribution in [0.3, 0.4) is 0 Å². The zero-order valence-electron chi connectivity index (χ0n) is 11.4. The van der Waals surface area contributed by atoms with E-state index in [0.29, 0.717) is 0 Å². The van der Waals surface area contributed by atoms with Crippen LogP contribution in [-0.4, -0.2) is 38.1 Å². The number of benzene rings is 1. The average Bonchev–Trinajstić information content (AvgIpc) is 2.56. The zero-order chi connectivity index (χ0) is 19.6. The van der Waals surface area contributed by atoms with Gasteiger partial charge in [0, 0.05) is 0 Å². The minimum absolute atomic E-state index is 1.19. The first-order chi connectivity index (χ1) is 11.4. The van der Waals surface area contributed by atoms with Crippen molar-refractivity contribution < 1.29 is 63.0 Å². The van der Waals surface area contributed by atoms with Crippen molar-refractivity contribution >= 4 is 16.1 Å². The highest BCUT2D eigenvalue weighted by Crippen LogP contribution is 2.29. The number of rotatable bonds is 7. The second-order valence-electron chi connectivity index (χ2n) is 3.93. The Kier molecular flexibility index (Phi) is 6.19. The Hall–Kier alpha value is -2.13. The fraction of sp³-hybridized carbons (Fsp3) is 0.300. The molecule has 1 aromatic carbocycles. The third kappa shape index (κ3) is 3.93. The first kappa shape index (κ1) is 20.9. The van der Waals surface area contributed by atoms with Gasteiger partial charge in [-0.1, -0.05) is 0 Å². The highest BCUT2D eigenvalue weighted by atomic mass is 32.2. The molecule has 1 aromatic rings. The van der Waals surface area contributed by atoms with Gasteiger partial charge >= 0.3 is 21.3 Å². The summed E-state index contributed by atoms with van der Waals surface area (Å²) in [6.45, 7) is -2.48. The van der Waals surface area contributed by atoms with E-state index in [2.05, 4.69) is 13.8 Å². The molecule has 7 nitrogen and oxygen atoms in total. The van der Waals surface area contributed by atoms with Crippen molar-refractivity contribution in [1.29, 1.82) is 0 Å². The Balaban J connectivity index is 2.76. The lowest BCUT2D eigenvalue weighted by Gasteiger charge is -2.14. The highest BCUT2D eigenvalue weighted by molar-refractivity contribution is 7.88. The van der Waals surface area contributed by atoms with E-state index in [1.54, 1.807) is 0 Å². The molecule has 1 rings (SSSR count). The van der Waals surface area contributed by atoms with E-state index in [-0.39, 0.29) is 0 Å². The Morgan fingerprint density at radius 2 is 1.36 bits per heavy atom. The van der Waals surface area contributed by atoms with Gasteiger partial charge in [0.05, 0.1) is 0 Å². The summed E-state index contributed by atoms with van der Waals surface area (Å²) < 4.78 is 122. The fourth-order valence-electron chi connectivity index (χ4n) is 1.22. The average molecular weight is 402 g/mol. The molecule has 0 radical (unpaired) electrons. The molecule has 0 aliphatic rings. The van der Waals surface area contributed by atoms with Crippen molar-refractivity contribution in [3.05, 3.63) is 29.1 Å². The first-order valence-electron chi connectivity index (χ1n) is 5.65.